The van der Waals surface area contributed by atoms with Crippen molar-refractivity contribution < 1.29 is 9.59 Å². The van der Waals surface area contributed by atoms with Crippen LogP contribution in [0, 0.1) is 0 Å². The van der Waals surface area contributed by atoms with Gasteiger partial charge < -0.3 is 10.2 Å². The average Bonchev–Trinajstić information content (AvgIpc) is 2.68. The summed E-state index contributed by atoms with van der Waals surface area (Å²) in [6, 6.07) is 8.04. The van der Waals surface area contributed by atoms with E-state index in [4.69, 9.17) is 0 Å². The van der Waals surface area contributed by atoms with Crippen molar-refractivity contribution in [1.82, 2.24) is 10.2 Å². The van der Waals surface area contributed by atoms with Crippen LogP contribution in [0.15, 0.2) is 51.3 Å². The van der Waals surface area contributed by atoms with Gasteiger partial charge in [0.25, 0.3) is 5.91 Å². The van der Waals surface area contributed by atoms with Gasteiger partial charge in [0.1, 0.15) is 0 Å². The van der Waals surface area contributed by atoms with Gasteiger partial charge in [0.05, 0.1) is 0 Å². The van der Waals surface area contributed by atoms with Crippen molar-refractivity contribution in [3.05, 3.63) is 56.8 Å². The first kappa shape index (κ1) is 18.5. The van der Waals surface area contributed by atoms with Crippen LogP contribution in [-0.2, 0) is 9.59 Å². The van der Waals surface area contributed by atoms with Gasteiger partial charge >= 0.3 is 0 Å². The molecule has 1 aliphatic carbocycles. The molecule has 1 aromatic rings. The van der Waals surface area contributed by atoms with Crippen LogP contribution in [0.1, 0.15) is 56.9 Å². The Balaban J connectivity index is 1.80. The third-order valence-corrected chi connectivity index (χ3v) is 6.38. The molecule has 4 nitrogen and oxygen atoms in total. The zero-order valence-corrected chi connectivity index (χ0v) is 17.3. The normalized spacial score (nSPS) is 23.3. The van der Waals surface area contributed by atoms with Gasteiger partial charge in [-0.1, -0.05) is 28.1 Å². The van der Waals surface area contributed by atoms with Crippen LogP contribution >= 0.6 is 15.9 Å². The minimum atomic E-state index is -0.267. The Morgan fingerprint density at radius 1 is 1.07 bits per heavy atom. The molecule has 0 radical (unpaired) electrons. The van der Waals surface area contributed by atoms with E-state index in [1.165, 1.54) is 6.42 Å². The van der Waals surface area contributed by atoms with Gasteiger partial charge in [0.15, 0.2) is 5.78 Å². The van der Waals surface area contributed by atoms with Gasteiger partial charge in [0.2, 0.25) is 0 Å². The molecule has 0 spiro atoms. The molecule has 5 heteroatoms. The van der Waals surface area contributed by atoms with Crippen molar-refractivity contribution in [1.29, 1.82) is 0 Å². The first-order chi connectivity index (χ1) is 13.1. The molecule has 0 saturated carbocycles. The molecule has 1 N–H and O–H groups in total. The predicted octanol–water partition coefficient (Wildman–Crippen LogP) is 4.43. The summed E-state index contributed by atoms with van der Waals surface area (Å²) in [6.45, 7) is 3.59. The number of halogens is 1. The second-order valence-electron chi connectivity index (χ2n) is 7.67. The summed E-state index contributed by atoms with van der Waals surface area (Å²) in [5, 5.41) is 3.41. The predicted molar refractivity (Wildman–Crippen MR) is 109 cm³/mol. The van der Waals surface area contributed by atoms with E-state index >= 15 is 0 Å². The quantitative estimate of drug-likeness (QED) is 0.757. The van der Waals surface area contributed by atoms with Gasteiger partial charge in [-0.2, -0.15) is 0 Å². The standard InChI is InChI=1S/C22H25BrN2O2/c1-14-19(22(27)25-12-3-2-4-13-25)20(15-8-10-16(23)11-9-15)21-17(24-14)6-5-7-18(21)26/h8-11,20,24H,2-7,12-13H2,1H3/t20-/m1/s1. The van der Waals surface area contributed by atoms with E-state index in [0.29, 0.717) is 6.42 Å². The van der Waals surface area contributed by atoms with Crippen molar-refractivity contribution in [3.8, 4) is 0 Å². The Morgan fingerprint density at radius 3 is 2.48 bits per heavy atom. The van der Waals surface area contributed by atoms with E-state index in [0.717, 1.165) is 71.3 Å². The summed E-state index contributed by atoms with van der Waals surface area (Å²) < 4.78 is 0.994. The Morgan fingerprint density at radius 2 is 1.78 bits per heavy atom. The fourth-order valence-electron chi connectivity index (χ4n) is 4.52. The summed E-state index contributed by atoms with van der Waals surface area (Å²) >= 11 is 3.49. The minimum absolute atomic E-state index is 0.0811. The molecule has 1 amide bonds. The number of nitrogens with one attached hydrogen (secondary N) is 1. The third kappa shape index (κ3) is 3.49. The maximum Gasteiger partial charge on any atom is 0.252 e. The highest BCUT2D eigenvalue weighted by Gasteiger charge is 2.39. The van der Waals surface area contributed by atoms with E-state index in [2.05, 4.69) is 21.2 Å². The zero-order valence-electron chi connectivity index (χ0n) is 15.7. The van der Waals surface area contributed by atoms with Gasteiger partial charge in [-0.05, 0) is 56.7 Å². The highest BCUT2D eigenvalue weighted by molar-refractivity contribution is 9.10. The molecule has 4 rings (SSSR count). The molecular weight excluding hydrogens is 404 g/mol. The number of amides is 1. The van der Waals surface area contributed by atoms with Crippen LogP contribution in [0.25, 0.3) is 0 Å². The molecule has 1 fully saturated rings. The minimum Gasteiger partial charge on any atom is -0.362 e. The second kappa shape index (κ2) is 7.63. The number of hydrogen-bond donors (Lipinski definition) is 1. The lowest BCUT2D eigenvalue weighted by Crippen LogP contribution is -2.42. The lowest BCUT2D eigenvalue weighted by Gasteiger charge is -2.37. The summed E-state index contributed by atoms with van der Waals surface area (Å²) in [6.07, 6.45) is 5.61. The molecule has 3 aliphatic rings. The maximum atomic E-state index is 13.5. The molecule has 0 bridgehead atoms. The SMILES string of the molecule is CC1=C(C(=O)N2CCCCC2)[C@@H](c2ccc(Br)cc2)C2=C(CCCC2=O)N1. The van der Waals surface area contributed by atoms with Crippen molar-refractivity contribution in [2.24, 2.45) is 0 Å². The van der Waals surface area contributed by atoms with Crippen LogP contribution in [0.3, 0.4) is 0 Å². The highest BCUT2D eigenvalue weighted by atomic mass is 79.9. The topological polar surface area (TPSA) is 49.4 Å². The third-order valence-electron chi connectivity index (χ3n) is 5.85. The van der Waals surface area contributed by atoms with Crippen molar-refractivity contribution in [2.75, 3.05) is 13.1 Å². The molecule has 0 aromatic heterocycles. The summed E-state index contributed by atoms with van der Waals surface area (Å²) in [7, 11) is 0. The van der Waals surface area contributed by atoms with Gasteiger partial charge in [-0.15, -0.1) is 0 Å². The number of allylic oxidation sites excluding steroid dienone is 3. The number of carbonyl (C=O) groups is 2. The number of dihydropyridines is 1. The number of benzene rings is 1. The largest absolute Gasteiger partial charge is 0.362 e. The van der Waals surface area contributed by atoms with Crippen molar-refractivity contribution in [3.63, 3.8) is 0 Å². The number of Topliss-reactive ketones (excluding diaryl/α,β-unsaturated/α-hetero) is 1. The van der Waals surface area contributed by atoms with Crippen LogP contribution < -0.4 is 5.32 Å². The lowest BCUT2D eigenvalue weighted by atomic mass is 9.75. The summed E-state index contributed by atoms with van der Waals surface area (Å²) in [5.41, 5.74) is 4.46. The zero-order chi connectivity index (χ0) is 19.0. The monoisotopic (exact) mass is 428 g/mol. The van der Waals surface area contributed by atoms with Crippen LogP contribution in [0.5, 0.6) is 0 Å². The number of nitrogens with zero attached hydrogens (tertiary/aromatic N) is 1. The number of rotatable bonds is 2. The number of ketones is 1. The molecule has 1 aromatic carbocycles. The fraction of sp³-hybridized carbons (Fsp3) is 0.455. The molecule has 27 heavy (non-hydrogen) atoms. The average molecular weight is 429 g/mol. The number of carbonyl (C=O) groups excluding carboxylic acids is 2. The first-order valence-corrected chi connectivity index (χ1v) is 10.6. The summed E-state index contributed by atoms with van der Waals surface area (Å²) in [4.78, 5) is 28.3. The molecule has 2 aliphatic heterocycles. The fourth-order valence-corrected chi connectivity index (χ4v) is 4.79. The van der Waals surface area contributed by atoms with Crippen molar-refractivity contribution in [2.45, 2.75) is 51.4 Å². The molecule has 1 atom stereocenters. The van der Waals surface area contributed by atoms with E-state index in [-0.39, 0.29) is 17.6 Å². The van der Waals surface area contributed by atoms with Gasteiger partial charge in [-0.3, -0.25) is 9.59 Å². The number of piperidine rings is 1. The van der Waals surface area contributed by atoms with Crippen LogP contribution in [0.2, 0.25) is 0 Å². The molecule has 1 saturated heterocycles. The van der Waals surface area contributed by atoms with Crippen LogP contribution in [0.4, 0.5) is 0 Å². The Bertz CT molecular complexity index is 832. The van der Waals surface area contributed by atoms with Gasteiger partial charge in [0, 0.05) is 52.4 Å². The summed E-state index contributed by atoms with van der Waals surface area (Å²) in [5.74, 6) is -0.0118. The molecular formula is C22H25BrN2O2. The van der Waals surface area contributed by atoms with Crippen molar-refractivity contribution >= 4 is 27.6 Å². The number of hydrogen-bond acceptors (Lipinski definition) is 3. The van der Waals surface area contributed by atoms with E-state index in [1.807, 2.05) is 36.1 Å². The number of likely N-dealkylation sites (tertiary alicyclic amines) is 1. The Labute approximate surface area is 168 Å². The maximum absolute atomic E-state index is 13.5. The second-order valence-corrected chi connectivity index (χ2v) is 8.59. The smallest absolute Gasteiger partial charge is 0.252 e. The van der Waals surface area contributed by atoms with Crippen LogP contribution in [-0.4, -0.2) is 29.7 Å². The Kier molecular flexibility index (Phi) is 5.22. The molecule has 142 valence electrons. The highest BCUT2D eigenvalue weighted by Crippen LogP contribution is 2.43. The molecule has 2 heterocycles. The molecule has 0 unspecified atom stereocenters. The van der Waals surface area contributed by atoms with E-state index in [1.54, 1.807) is 0 Å². The van der Waals surface area contributed by atoms with E-state index < -0.39 is 0 Å². The van der Waals surface area contributed by atoms with E-state index in [9.17, 15) is 9.59 Å². The van der Waals surface area contributed by atoms with Gasteiger partial charge in [-0.25, -0.2) is 0 Å². The Hall–Kier alpha value is -1.88. The lowest BCUT2D eigenvalue weighted by molar-refractivity contribution is -0.128. The first-order valence-electron chi connectivity index (χ1n) is 9.85.